The van der Waals surface area contributed by atoms with E-state index in [9.17, 15) is 0 Å². The zero-order valence-electron chi connectivity index (χ0n) is 26.8. The zero-order valence-corrected chi connectivity index (χ0v) is 27.5. The maximum atomic E-state index is 6.88. The highest BCUT2D eigenvalue weighted by Gasteiger charge is 2.49. The van der Waals surface area contributed by atoms with Crippen LogP contribution in [0.2, 0.25) is 5.02 Å². The van der Waals surface area contributed by atoms with E-state index in [1.807, 2.05) is 37.3 Å². The molecular weight excluding hydrogens is 592 g/mol. The Morgan fingerprint density at radius 2 is 1.28 bits per heavy atom. The second kappa shape index (κ2) is 14.0. The minimum Gasteiger partial charge on any atom is -0.504 e. The molecule has 0 amide bonds. The smallest absolute Gasteiger partial charge is 0.0824 e. The van der Waals surface area contributed by atoms with E-state index in [1.54, 1.807) is 13.4 Å². The molecule has 1 nitrogen and oxygen atoms in total. The van der Waals surface area contributed by atoms with E-state index in [2.05, 4.69) is 141 Å². The van der Waals surface area contributed by atoms with Crippen LogP contribution in [0.5, 0.6) is 0 Å². The van der Waals surface area contributed by atoms with Crippen LogP contribution in [0.25, 0.3) is 44.5 Å². The summed E-state index contributed by atoms with van der Waals surface area (Å²) in [4.78, 5) is 0. The Balaban J connectivity index is 1.78. The Bertz CT molecular complexity index is 2040. The number of ether oxygens (including phenoxy) is 1. The third kappa shape index (κ3) is 5.65. The van der Waals surface area contributed by atoms with Crippen LogP contribution in [0, 0.1) is 0 Å². The average molecular weight is 629 g/mol. The molecule has 47 heavy (non-hydrogen) atoms. The van der Waals surface area contributed by atoms with E-state index in [0.717, 1.165) is 44.5 Å². The van der Waals surface area contributed by atoms with Crippen molar-refractivity contribution in [1.82, 2.24) is 0 Å². The van der Waals surface area contributed by atoms with Crippen molar-refractivity contribution in [2.75, 3.05) is 7.11 Å². The van der Waals surface area contributed by atoms with Crippen LogP contribution in [0.4, 0.5) is 0 Å². The molecular formula is C45H37ClO. The standard InChI is InChI=1S/C45H37ClO/c1-5-15-37(16-6-2)45(36(7-3)21-14-30-47-4)42-31-38(46)26-27-41(42)43-39(28-29-40(44(43)45)34-19-12-9-13-20-34)35-24-22-33(23-25-35)32-17-10-8-11-18-32/h5-31H,1,3H2,2,4H3/b16-6-,30-14-,36-21+,37-15+. The molecule has 5 aromatic rings. The quantitative estimate of drug-likeness (QED) is 0.110. The Morgan fingerprint density at radius 3 is 1.91 bits per heavy atom. The molecule has 0 saturated heterocycles. The first-order chi connectivity index (χ1) is 23.1. The normalized spacial score (nSPS) is 15.9. The molecule has 230 valence electrons. The van der Waals surface area contributed by atoms with Crippen molar-refractivity contribution in [3.05, 3.63) is 205 Å². The van der Waals surface area contributed by atoms with E-state index in [4.69, 9.17) is 16.3 Å². The molecule has 0 fully saturated rings. The lowest BCUT2D eigenvalue weighted by molar-refractivity contribution is 0.338. The molecule has 1 unspecified atom stereocenters. The molecule has 0 aromatic heterocycles. The average Bonchev–Trinajstić information content (AvgIpc) is 3.41. The lowest BCUT2D eigenvalue weighted by Gasteiger charge is -2.37. The molecule has 0 heterocycles. The van der Waals surface area contributed by atoms with Gasteiger partial charge in [-0.3, -0.25) is 0 Å². The highest BCUT2D eigenvalue weighted by atomic mass is 35.5. The summed E-state index contributed by atoms with van der Waals surface area (Å²) in [5.41, 5.74) is 12.8. The van der Waals surface area contributed by atoms with Crippen molar-refractivity contribution >= 4 is 11.6 Å². The SMILES string of the molecule is C=C/C=C(\C=C/C)C1(/C(C=C)=C/C=C\OC)c2cc(Cl)ccc2-c2c(-c3ccc(-c4ccccc4)cc3)ccc(-c3ccccc3)c21. The summed E-state index contributed by atoms with van der Waals surface area (Å²) >= 11 is 6.88. The van der Waals surface area contributed by atoms with Crippen molar-refractivity contribution in [3.63, 3.8) is 0 Å². The summed E-state index contributed by atoms with van der Waals surface area (Å²) < 4.78 is 5.33. The minimum atomic E-state index is -0.777. The Kier molecular flexibility index (Phi) is 9.38. The number of halogens is 1. The summed E-state index contributed by atoms with van der Waals surface area (Å²) in [6, 6.07) is 40.8. The second-order valence-electron chi connectivity index (χ2n) is 11.4. The molecule has 0 spiro atoms. The molecule has 2 heteroatoms. The number of hydrogen-bond donors (Lipinski definition) is 0. The number of fused-ring (bicyclic) bond motifs is 3. The van der Waals surface area contributed by atoms with Crippen LogP contribution < -0.4 is 0 Å². The first-order valence-electron chi connectivity index (χ1n) is 15.8. The fourth-order valence-electron chi connectivity index (χ4n) is 6.97. The van der Waals surface area contributed by atoms with Crippen molar-refractivity contribution in [2.24, 2.45) is 0 Å². The first-order valence-corrected chi connectivity index (χ1v) is 16.1. The Hall–Kier alpha value is -5.37. The Labute approximate surface area is 283 Å². The third-order valence-electron chi connectivity index (χ3n) is 8.84. The summed E-state index contributed by atoms with van der Waals surface area (Å²) in [6.45, 7) is 10.6. The minimum absolute atomic E-state index is 0.672. The van der Waals surface area contributed by atoms with Gasteiger partial charge in [0.25, 0.3) is 0 Å². The van der Waals surface area contributed by atoms with Gasteiger partial charge in [-0.25, -0.2) is 0 Å². The molecule has 0 N–H and O–H groups in total. The van der Waals surface area contributed by atoms with Crippen molar-refractivity contribution in [3.8, 4) is 44.5 Å². The topological polar surface area (TPSA) is 9.23 Å². The maximum absolute atomic E-state index is 6.88. The van der Waals surface area contributed by atoms with E-state index in [0.29, 0.717) is 5.02 Å². The summed E-state index contributed by atoms with van der Waals surface area (Å²) in [6.07, 6.45) is 15.9. The highest BCUT2D eigenvalue weighted by molar-refractivity contribution is 6.31. The second-order valence-corrected chi connectivity index (χ2v) is 11.8. The molecule has 0 saturated carbocycles. The van der Waals surface area contributed by atoms with Gasteiger partial charge in [0.2, 0.25) is 0 Å². The van der Waals surface area contributed by atoms with Gasteiger partial charge in [-0.05, 0) is 91.9 Å². The zero-order chi connectivity index (χ0) is 32.8. The van der Waals surface area contributed by atoms with Crippen LogP contribution in [0.3, 0.4) is 0 Å². The van der Waals surface area contributed by atoms with E-state index < -0.39 is 5.41 Å². The van der Waals surface area contributed by atoms with Gasteiger partial charge in [0.05, 0.1) is 18.8 Å². The first kappa shape index (κ1) is 31.6. The highest BCUT2D eigenvalue weighted by Crippen LogP contribution is 2.62. The summed E-state index contributed by atoms with van der Waals surface area (Å²) in [5.74, 6) is 0. The van der Waals surface area contributed by atoms with E-state index >= 15 is 0 Å². The van der Waals surface area contributed by atoms with Gasteiger partial charge in [-0.15, -0.1) is 0 Å². The van der Waals surface area contributed by atoms with Crippen LogP contribution in [0.15, 0.2) is 188 Å². The van der Waals surface area contributed by atoms with Gasteiger partial charge < -0.3 is 4.74 Å². The maximum Gasteiger partial charge on any atom is 0.0824 e. The molecule has 1 aliphatic rings. The summed E-state index contributed by atoms with van der Waals surface area (Å²) in [7, 11) is 1.65. The number of rotatable bonds is 10. The molecule has 0 bridgehead atoms. The van der Waals surface area contributed by atoms with E-state index in [1.165, 1.54) is 22.3 Å². The van der Waals surface area contributed by atoms with Gasteiger partial charge in [0.1, 0.15) is 0 Å². The van der Waals surface area contributed by atoms with Crippen molar-refractivity contribution in [2.45, 2.75) is 12.3 Å². The lowest BCUT2D eigenvalue weighted by Crippen LogP contribution is -2.30. The fourth-order valence-corrected chi connectivity index (χ4v) is 7.14. The predicted molar refractivity (Wildman–Crippen MR) is 201 cm³/mol. The molecule has 6 rings (SSSR count). The summed E-state index contributed by atoms with van der Waals surface area (Å²) in [5, 5.41) is 0.672. The largest absolute Gasteiger partial charge is 0.504 e. The molecule has 1 atom stereocenters. The molecule has 1 aliphatic carbocycles. The van der Waals surface area contributed by atoms with Crippen LogP contribution in [-0.2, 0) is 10.2 Å². The number of benzene rings is 5. The number of methoxy groups -OCH3 is 1. The third-order valence-corrected chi connectivity index (χ3v) is 9.08. The fraction of sp³-hybridized carbons (Fsp3) is 0.0667. The van der Waals surface area contributed by atoms with Crippen molar-refractivity contribution < 1.29 is 4.74 Å². The number of allylic oxidation sites excluding steroid dienone is 9. The molecule has 0 aliphatic heterocycles. The van der Waals surface area contributed by atoms with Gasteiger partial charge >= 0.3 is 0 Å². The van der Waals surface area contributed by atoms with Crippen LogP contribution >= 0.6 is 11.6 Å². The predicted octanol–water partition coefficient (Wildman–Crippen LogP) is 12.6. The Morgan fingerprint density at radius 1 is 0.681 bits per heavy atom. The van der Waals surface area contributed by atoms with Crippen LogP contribution in [-0.4, -0.2) is 7.11 Å². The van der Waals surface area contributed by atoms with Gasteiger partial charge in [0.15, 0.2) is 0 Å². The molecule has 0 radical (unpaired) electrons. The van der Waals surface area contributed by atoms with E-state index in [-0.39, 0.29) is 0 Å². The van der Waals surface area contributed by atoms with Gasteiger partial charge in [0, 0.05) is 5.02 Å². The lowest BCUT2D eigenvalue weighted by atomic mass is 9.64. The van der Waals surface area contributed by atoms with Crippen molar-refractivity contribution in [1.29, 1.82) is 0 Å². The van der Waals surface area contributed by atoms with Gasteiger partial charge in [-0.2, -0.15) is 0 Å². The van der Waals surface area contributed by atoms with Crippen LogP contribution in [0.1, 0.15) is 18.1 Å². The molecule has 5 aromatic carbocycles. The monoisotopic (exact) mass is 628 g/mol. The number of hydrogen-bond acceptors (Lipinski definition) is 1. The van der Waals surface area contributed by atoms with Gasteiger partial charge in [-0.1, -0.05) is 164 Å².